The van der Waals surface area contributed by atoms with Crippen molar-refractivity contribution in [1.82, 2.24) is 9.55 Å². The van der Waals surface area contributed by atoms with Crippen LogP contribution in [0.15, 0.2) is 47.5 Å². The Bertz CT molecular complexity index is 884. The minimum atomic E-state index is -0.387. The first-order chi connectivity index (χ1) is 10.0. The number of hydrogen-bond acceptors (Lipinski definition) is 2. The van der Waals surface area contributed by atoms with E-state index in [1.165, 1.54) is 24.5 Å². The second kappa shape index (κ2) is 5.13. The first kappa shape index (κ1) is 13.5. The first-order valence-corrected chi connectivity index (χ1v) is 6.75. The molecule has 0 amide bonds. The smallest absolute Gasteiger partial charge is 0.261 e. The summed E-state index contributed by atoms with van der Waals surface area (Å²) in [5.74, 6) is -0.387. The van der Waals surface area contributed by atoms with Gasteiger partial charge in [0.05, 0.1) is 23.8 Å². The van der Waals surface area contributed by atoms with Crippen LogP contribution in [0.4, 0.5) is 4.39 Å². The molecular formula is C17H15FN2O. The lowest BCUT2D eigenvalue weighted by Crippen LogP contribution is -2.21. The predicted octanol–water partition coefficient (Wildman–Crippen LogP) is 3.20. The van der Waals surface area contributed by atoms with Gasteiger partial charge in [0.1, 0.15) is 5.82 Å². The highest BCUT2D eigenvalue weighted by Crippen LogP contribution is 2.13. The van der Waals surface area contributed by atoms with Crippen LogP contribution in [0, 0.1) is 19.7 Å². The number of benzene rings is 2. The van der Waals surface area contributed by atoms with E-state index >= 15 is 0 Å². The van der Waals surface area contributed by atoms with E-state index in [-0.39, 0.29) is 11.4 Å². The molecule has 0 saturated carbocycles. The van der Waals surface area contributed by atoms with E-state index in [1.54, 1.807) is 4.57 Å². The minimum absolute atomic E-state index is 0.152. The molecule has 0 aliphatic rings. The predicted molar refractivity (Wildman–Crippen MR) is 81.0 cm³/mol. The summed E-state index contributed by atoms with van der Waals surface area (Å²) in [5, 5.41) is 0.434. The summed E-state index contributed by atoms with van der Waals surface area (Å²) in [6.45, 7) is 4.50. The third-order valence-electron chi connectivity index (χ3n) is 3.63. The highest BCUT2D eigenvalue weighted by Gasteiger charge is 2.07. The molecule has 0 aliphatic carbocycles. The Morgan fingerprint density at radius 2 is 1.95 bits per heavy atom. The molecule has 0 radical (unpaired) electrons. The minimum Gasteiger partial charge on any atom is -0.294 e. The van der Waals surface area contributed by atoms with E-state index in [1.807, 2.05) is 26.0 Å². The Hall–Kier alpha value is -2.49. The molecule has 0 bridgehead atoms. The summed E-state index contributed by atoms with van der Waals surface area (Å²) in [6, 6.07) is 10.2. The summed E-state index contributed by atoms with van der Waals surface area (Å²) in [4.78, 5) is 16.6. The van der Waals surface area contributed by atoms with Crippen molar-refractivity contribution in [3.63, 3.8) is 0 Å². The van der Waals surface area contributed by atoms with E-state index in [0.717, 1.165) is 16.7 Å². The van der Waals surface area contributed by atoms with Crippen LogP contribution in [0.3, 0.4) is 0 Å². The maximum absolute atomic E-state index is 13.2. The molecule has 0 saturated heterocycles. The van der Waals surface area contributed by atoms with Gasteiger partial charge in [-0.25, -0.2) is 9.37 Å². The van der Waals surface area contributed by atoms with Gasteiger partial charge in [-0.2, -0.15) is 0 Å². The van der Waals surface area contributed by atoms with Gasteiger partial charge in [0.25, 0.3) is 5.56 Å². The van der Waals surface area contributed by atoms with Gasteiger partial charge in [0.2, 0.25) is 0 Å². The molecule has 3 aromatic rings. The van der Waals surface area contributed by atoms with E-state index in [0.29, 0.717) is 17.4 Å². The molecule has 2 aromatic carbocycles. The van der Waals surface area contributed by atoms with E-state index in [2.05, 4.69) is 11.1 Å². The SMILES string of the molecule is Cc1ccc(C)c(Cn2cnc3cc(F)ccc3c2=O)c1. The van der Waals surface area contributed by atoms with Crippen molar-refractivity contribution < 1.29 is 4.39 Å². The Balaban J connectivity index is 2.09. The molecule has 1 aromatic heterocycles. The second-order valence-corrected chi connectivity index (χ2v) is 5.27. The maximum atomic E-state index is 13.2. The van der Waals surface area contributed by atoms with Crippen molar-refractivity contribution in [1.29, 1.82) is 0 Å². The molecule has 3 nitrogen and oxygen atoms in total. The molecule has 0 unspecified atom stereocenters. The van der Waals surface area contributed by atoms with E-state index in [9.17, 15) is 9.18 Å². The molecule has 21 heavy (non-hydrogen) atoms. The summed E-state index contributed by atoms with van der Waals surface area (Å²) in [5.41, 5.74) is 3.60. The Kier molecular flexibility index (Phi) is 3.29. The molecule has 106 valence electrons. The van der Waals surface area contributed by atoms with Crippen LogP contribution in [0.25, 0.3) is 10.9 Å². The third kappa shape index (κ3) is 2.57. The zero-order chi connectivity index (χ0) is 15.0. The number of rotatable bonds is 2. The standard InChI is InChI=1S/C17H15FN2O/c1-11-3-4-12(2)13(7-11)9-20-10-19-16-8-14(18)5-6-15(16)17(20)21/h3-8,10H,9H2,1-2H3. The summed E-state index contributed by atoms with van der Waals surface area (Å²) in [6.07, 6.45) is 1.48. The van der Waals surface area contributed by atoms with Crippen LogP contribution >= 0.6 is 0 Å². The third-order valence-corrected chi connectivity index (χ3v) is 3.63. The van der Waals surface area contributed by atoms with Gasteiger partial charge in [-0.05, 0) is 37.1 Å². The molecule has 0 aliphatic heterocycles. The first-order valence-electron chi connectivity index (χ1n) is 6.75. The van der Waals surface area contributed by atoms with Gasteiger partial charge >= 0.3 is 0 Å². The number of aromatic nitrogens is 2. The average molecular weight is 282 g/mol. The summed E-state index contributed by atoms with van der Waals surface area (Å²) >= 11 is 0. The van der Waals surface area contributed by atoms with Crippen molar-refractivity contribution in [3.8, 4) is 0 Å². The van der Waals surface area contributed by atoms with Crippen molar-refractivity contribution in [2.45, 2.75) is 20.4 Å². The molecule has 3 rings (SSSR count). The Morgan fingerprint density at radius 3 is 2.76 bits per heavy atom. The monoisotopic (exact) mass is 282 g/mol. The zero-order valence-corrected chi connectivity index (χ0v) is 11.9. The van der Waals surface area contributed by atoms with Gasteiger partial charge in [0, 0.05) is 6.07 Å². The normalized spacial score (nSPS) is 11.0. The number of nitrogens with zero attached hydrogens (tertiary/aromatic N) is 2. The lowest BCUT2D eigenvalue weighted by molar-refractivity contribution is 0.629. The van der Waals surface area contributed by atoms with Crippen LogP contribution in [0.2, 0.25) is 0 Å². The second-order valence-electron chi connectivity index (χ2n) is 5.27. The van der Waals surface area contributed by atoms with Gasteiger partial charge in [-0.15, -0.1) is 0 Å². The maximum Gasteiger partial charge on any atom is 0.261 e. The van der Waals surface area contributed by atoms with Crippen LogP contribution < -0.4 is 5.56 Å². The Labute approximate surface area is 121 Å². The average Bonchev–Trinajstić information content (AvgIpc) is 2.45. The molecule has 0 atom stereocenters. The summed E-state index contributed by atoms with van der Waals surface area (Å²) in [7, 11) is 0. The highest BCUT2D eigenvalue weighted by atomic mass is 19.1. The number of fused-ring (bicyclic) bond motifs is 1. The van der Waals surface area contributed by atoms with Crippen molar-refractivity contribution >= 4 is 10.9 Å². The fourth-order valence-electron chi connectivity index (χ4n) is 2.40. The Morgan fingerprint density at radius 1 is 1.14 bits per heavy atom. The molecule has 0 N–H and O–H groups in total. The fraction of sp³-hybridized carbons (Fsp3) is 0.176. The molecule has 0 spiro atoms. The lowest BCUT2D eigenvalue weighted by atomic mass is 10.1. The quantitative estimate of drug-likeness (QED) is 0.723. The van der Waals surface area contributed by atoms with Crippen molar-refractivity contribution in [3.05, 3.63) is 75.6 Å². The molecule has 1 heterocycles. The van der Waals surface area contributed by atoms with Gasteiger partial charge in [-0.3, -0.25) is 9.36 Å². The van der Waals surface area contributed by atoms with Crippen LogP contribution in [0.1, 0.15) is 16.7 Å². The highest BCUT2D eigenvalue weighted by molar-refractivity contribution is 5.77. The van der Waals surface area contributed by atoms with Gasteiger partial charge < -0.3 is 0 Å². The zero-order valence-electron chi connectivity index (χ0n) is 11.9. The number of aryl methyl sites for hydroxylation is 2. The molecule has 4 heteroatoms. The number of hydrogen-bond donors (Lipinski definition) is 0. The van der Waals surface area contributed by atoms with Crippen LogP contribution in [0.5, 0.6) is 0 Å². The van der Waals surface area contributed by atoms with Crippen LogP contribution in [-0.2, 0) is 6.54 Å². The number of halogens is 1. The molecular weight excluding hydrogens is 267 g/mol. The largest absolute Gasteiger partial charge is 0.294 e. The van der Waals surface area contributed by atoms with E-state index in [4.69, 9.17) is 0 Å². The van der Waals surface area contributed by atoms with Crippen molar-refractivity contribution in [2.24, 2.45) is 0 Å². The summed E-state index contributed by atoms with van der Waals surface area (Å²) < 4.78 is 14.7. The van der Waals surface area contributed by atoms with Gasteiger partial charge in [0.15, 0.2) is 0 Å². The van der Waals surface area contributed by atoms with Gasteiger partial charge in [-0.1, -0.05) is 23.8 Å². The lowest BCUT2D eigenvalue weighted by Gasteiger charge is -2.10. The van der Waals surface area contributed by atoms with Crippen molar-refractivity contribution in [2.75, 3.05) is 0 Å². The molecule has 0 fully saturated rings. The van der Waals surface area contributed by atoms with Crippen LogP contribution in [-0.4, -0.2) is 9.55 Å². The topological polar surface area (TPSA) is 34.9 Å². The fourth-order valence-corrected chi connectivity index (χ4v) is 2.40. The van der Waals surface area contributed by atoms with E-state index < -0.39 is 0 Å².